The minimum absolute atomic E-state index is 0.0215. The number of nitrogens with one attached hydrogen (secondary N) is 3. The van der Waals surface area contributed by atoms with Gasteiger partial charge in [-0.05, 0) is 23.3 Å². The molecule has 170 valence electrons. The van der Waals surface area contributed by atoms with Crippen LogP contribution in [0.3, 0.4) is 0 Å². The topological polar surface area (TPSA) is 96.5 Å². The monoisotopic (exact) mass is 445 g/mol. The summed E-state index contributed by atoms with van der Waals surface area (Å²) >= 11 is 0. The summed E-state index contributed by atoms with van der Waals surface area (Å²) in [5.41, 5.74) is 7.15. The molecule has 0 atom stereocenters. The first-order valence-corrected chi connectivity index (χ1v) is 10.8. The van der Waals surface area contributed by atoms with Gasteiger partial charge in [0.1, 0.15) is 5.75 Å². The molecule has 0 spiro atoms. The first-order chi connectivity index (χ1) is 16.1. The predicted molar refractivity (Wildman–Crippen MR) is 125 cm³/mol. The van der Waals surface area contributed by atoms with E-state index in [4.69, 9.17) is 4.74 Å². The van der Waals surface area contributed by atoms with Crippen molar-refractivity contribution in [1.82, 2.24) is 16.2 Å². The van der Waals surface area contributed by atoms with Gasteiger partial charge < -0.3 is 10.1 Å². The van der Waals surface area contributed by atoms with Crippen molar-refractivity contribution in [2.75, 3.05) is 6.61 Å². The molecule has 0 aliphatic rings. The van der Waals surface area contributed by atoms with Crippen LogP contribution in [0.5, 0.6) is 5.75 Å². The van der Waals surface area contributed by atoms with Crippen molar-refractivity contribution in [2.24, 2.45) is 0 Å². The minimum atomic E-state index is -0.493. The highest BCUT2D eigenvalue weighted by molar-refractivity contribution is 5.98. The third-order valence-corrected chi connectivity index (χ3v) is 4.85. The van der Waals surface area contributed by atoms with Gasteiger partial charge in [-0.25, -0.2) is 0 Å². The Kier molecular flexibility index (Phi) is 9.03. The number of hydrazine groups is 1. The molecule has 3 amide bonds. The average Bonchev–Trinajstić information content (AvgIpc) is 2.86. The molecule has 3 aromatic rings. The standard InChI is InChI=1S/C26H27N3O4/c30-24(27-19-21-11-5-2-6-12-21)15-16-25(31)28-29-26(32)22-13-7-8-14-23(22)33-18-17-20-9-3-1-4-10-20/h1-14H,15-19H2,(H,27,30)(H,28,31)(H,29,32). The Hall–Kier alpha value is -4.13. The normalized spacial score (nSPS) is 10.2. The molecule has 33 heavy (non-hydrogen) atoms. The maximum absolute atomic E-state index is 12.5. The molecule has 0 heterocycles. The number of amides is 3. The molecule has 0 saturated heterocycles. The summed E-state index contributed by atoms with van der Waals surface area (Å²) in [6, 6.07) is 26.2. The molecular weight excluding hydrogens is 418 g/mol. The Balaban J connectivity index is 1.39. The van der Waals surface area contributed by atoms with E-state index in [9.17, 15) is 14.4 Å². The van der Waals surface area contributed by atoms with Crippen LogP contribution < -0.4 is 20.9 Å². The molecule has 7 heteroatoms. The van der Waals surface area contributed by atoms with Crippen LogP contribution in [-0.4, -0.2) is 24.3 Å². The van der Waals surface area contributed by atoms with Gasteiger partial charge in [0, 0.05) is 25.8 Å². The number of hydrogen-bond acceptors (Lipinski definition) is 4. The van der Waals surface area contributed by atoms with E-state index in [-0.39, 0.29) is 18.7 Å². The van der Waals surface area contributed by atoms with Crippen LogP contribution in [-0.2, 0) is 22.6 Å². The molecule has 0 unspecified atom stereocenters. The summed E-state index contributed by atoms with van der Waals surface area (Å²) in [5.74, 6) is -0.758. The van der Waals surface area contributed by atoms with Gasteiger partial charge in [0.25, 0.3) is 5.91 Å². The Morgan fingerprint density at radius 1 is 0.667 bits per heavy atom. The predicted octanol–water partition coefficient (Wildman–Crippen LogP) is 3.17. The molecule has 3 aromatic carbocycles. The van der Waals surface area contributed by atoms with Crippen molar-refractivity contribution in [3.8, 4) is 5.75 Å². The highest BCUT2D eigenvalue weighted by Crippen LogP contribution is 2.18. The zero-order valence-corrected chi connectivity index (χ0v) is 18.3. The maximum Gasteiger partial charge on any atom is 0.273 e. The van der Waals surface area contributed by atoms with Crippen LogP contribution in [0.4, 0.5) is 0 Å². The van der Waals surface area contributed by atoms with Crippen LogP contribution >= 0.6 is 0 Å². The second kappa shape index (κ2) is 12.7. The van der Waals surface area contributed by atoms with Crippen molar-refractivity contribution >= 4 is 17.7 Å². The minimum Gasteiger partial charge on any atom is -0.492 e. The first-order valence-electron chi connectivity index (χ1n) is 10.8. The number of carbonyl (C=O) groups excluding carboxylic acids is 3. The van der Waals surface area contributed by atoms with Gasteiger partial charge in [0.05, 0.1) is 12.2 Å². The van der Waals surface area contributed by atoms with Crippen LogP contribution in [0.2, 0.25) is 0 Å². The Morgan fingerprint density at radius 2 is 1.27 bits per heavy atom. The third-order valence-electron chi connectivity index (χ3n) is 4.85. The van der Waals surface area contributed by atoms with Gasteiger partial charge in [-0.1, -0.05) is 72.8 Å². The fourth-order valence-electron chi connectivity index (χ4n) is 3.07. The van der Waals surface area contributed by atoms with Gasteiger partial charge in [0.15, 0.2) is 0 Å². The highest BCUT2D eigenvalue weighted by atomic mass is 16.5. The summed E-state index contributed by atoms with van der Waals surface area (Å²) in [6.45, 7) is 0.817. The van der Waals surface area contributed by atoms with Crippen LogP contribution in [0, 0.1) is 0 Å². The zero-order chi connectivity index (χ0) is 23.3. The lowest BCUT2D eigenvalue weighted by Gasteiger charge is -2.12. The molecule has 7 nitrogen and oxygen atoms in total. The molecule has 3 N–H and O–H groups in total. The van der Waals surface area contributed by atoms with Crippen molar-refractivity contribution in [2.45, 2.75) is 25.8 Å². The molecule has 3 rings (SSSR count). The van der Waals surface area contributed by atoms with Gasteiger partial charge in [-0.3, -0.25) is 25.2 Å². The van der Waals surface area contributed by atoms with Gasteiger partial charge in [0.2, 0.25) is 11.8 Å². The first kappa shape index (κ1) is 23.5. The number of ether oxygens (including phenoxy) is 1. The number of para-hydroxylation sites is 1. The quantitative estimate of drug-likeness (QED) is 0.418. The number of carbonyl (C=O) groups is 3. The third kappa shape index (κ3) is 8.14. The molecule has 0 aliphatic carbocycles. The number of hydrogen-bond donors (Lipinski definition) is 3. The highest BCUT2D eigenvalue weighted by Gasteiger charge is 2.14. The van der Waals surface area contributed by atoms with E-state index in [1.165, 1.54) is 0 Å². The second-order valence-electron chi connectivity index (χ2n) is 7.34. The van der Waals surface area contributed by atoms with E-state index >= 15 is 0 Å². The number of benzene rings is 3. The zero-order valence-electron chi connectivity index (χ0n) is 18.3. The molecule has 0 aromatic heterocycles. The Labute approximate surface area is 193 Å². The smallest absolute Gasteiger partial charge is 0.273 e. The van der Waals surface area contributed by atoms with Gasteiger partial charge in [-0.2, -0.15) is 0 Å². The molecule has 0 bridgehead atoms. The molecule has 0 aliphatic heterocycles. The molecule has 0 fully saturated rings. The van der Waals surface area contributed by atoms with Crippen LogP contribution in [0.25, 0.3) is 0 Å². The van der Waals surface area contributed by atoms with Gasteiger partial charge in [-0.15, -0.1) is 0 Å². The second-order valence-corrected chi connectivity index (χ2v) is 7.34. The lowest BCUT2D eigenvalue weighted by molar-refractivity contribution is -0.126. The largest absolute Gasteiger partial charge is 0.492 e. The summed E-state index contributed by atoms with van der Waals surface area (Å²) in [5, 5.41) is 2.76. The molecule has 0 saturated carbocycles. The SMILES string of the molecule is O=C(CCC(=O)NNC(=O)c1ccccc1OCCc1ccccc1)NCc1ccccc1. The van der Waals surface area contributed by atoms with E-state index in [1.807, 2.05) is 60.7 Å². The van der Waals surface area contributed by atoms with Crippen LogP contribution in [0.1, 0.15) is 34.3 Å². The van der Waals surface area contributed by atoms with E-state index in [0.717, 1.165) is 11.1 Å². The number of rotatable bonds is 10. The fraction of sp³-hybridized carbons (Fsp3) is 0.192. The van der Waals surface area contributed by atoms with E-state index in [2.05, 4.69) is 16.2 Å². The summed E-state index contributed by atoms with van der Waals surface area (Å²) in [7, 11) is 0. The Morgan fingerprint density at radius 3 is 2.00 bits per heavy atom. The molecule has 0 radical (unpaired) electrons. The van der Waals surface area contributed by atoms with Crippen molar-refractivity contribution < 1.29 is 19.1 Å². The van der Waals surface area contributed by atoms with Crippen molar-refractivity contribution in [1.29, 1.82) is 0 Å². The lowest BCUT2D eigenvalue weighted by Crippen LogP contribution is -2.42. The van der Waals surface area contributed by atoms with E-state index in [0.29, 0.717) is 30.9 Å². The summed E-state index contributed by atoms with van der Waals surface area (Å²) in [6.07, 6.45) is 0.684. The maximum atomic E-state index is 12.5. The Bertz CT molecular complexity index is 1060. The summed E-state index contributed by atoms with van der Waals surface area (Å²) in [4.78, 5) is 36.5. The van der Waals surface area contributed by atoms with Crippen molar-refractivity contribution in [3.05, 3.63) is 102 Å². The molecular formula is C26H27N3O4. The lowest BCUT2D eigenvalue weighted by atomic mass is 10.1. The fourth-order valence-corrected chi connectivity index (χ4v) is 3.07. The van der Waals surface area contributed by atoms with Crippen LogP contribution in [0.15, 0.2) is 84.9 Å². The summed E-state index contributed by atoms with van der Waals surface area (Å²) < 4.78 is 5.78. The van der Waals surface area contributed by atoms with Gasteiger partial charge >= 0.3 is 0 Å². The van der Waals surface area contributed by atoms with E-state index in [1.54, 1.807) is 24.3 Å². The van der Waals surface area contributed by atoms with E-state index < -0.39 is 11.8 Å². The van der Waals surface area contributed by atoms with Crippen molar-refractivity contribution in [3.63, 3.8) is 0 Å². The average molecular weight is 446 g/mol.